The van der Waals surface area contributed by atoms with Gasteiger partial charge in [0.05, 0.1) is 0 Å². The Balaban J connectivity index is 2.21. The predicted octanol–water partition coefficient (Wildman–Crippen LogP) is 1.66. The molecule has 0 amide bonds. The maximum Gasteiger partial charge on any atom is 0.325 e. The van der Waals surface area contributed by atoms with Crippen molar-refractivity contribution >= 4 is 28.6 Å². The van der Waals surface area contributed by atoms with E-state index in [1.165, 1.54) is 0 Å². The third kappa shape index (κ3) is 3.21. The topological polar surface area (TPSA) is 43.8 Å². The highest BCUT2D eigenvalue weighted by Gasteiger charge is 2.29. The van der Waals surface area contributed by atoms with Crippen LogP contribution in [0.25, 0.3) is 0 Å². The van der Waals surface area contributed by atoms with Gasteiger partial charge in [0.2, 0.25) is 0 Å². The van der Waals surface area contributed by atoms with Crippen molar-refractivity contribution in [1.29, 1.82) is 0 Å². The van der Waals surface area contributed by atoms with Crippen LogP contribution in [0.3, 0.4) is 0 Å². The first-order valence-corrected chi connectivity index (χ1v) is 7.06. The molecule has 4 nitrogen and oxygen atoms in total. The Hall–Kier alpha value is -0.660. The molecule has 5 heteroatoms. The number of likely N-dealkylation sites (N-methyl/N-ethyl adjacent to an activating group) is 1. The molecule has 1 aromatic rings. The lowest BCUT2D eigenvalue weighted by Crippen LogP contribution is -2.47. The van der Waals surface area contributed by atoms with E-state index in [4.69, 9.17) is 0 Å². The summed E-state index contributed by atoms with van der Waals surface area (Å²) in [4.78, 5) is 15.8. The van der Waals surface area contributed by atoms with Gasteiger partial charge in [0, 0.05) is 29.7 Å². The lowest BCUT2D eigenvalue weighted by atomic mass is 10.0. The second kappa shape index (κ2) is 5.99. The minimum Gasteiger partial charge on any atom is -0.480 e. The molecule has 1 unspecified atom stereocenters. The Morgan fingerprint density at radius 1 is 1.33 bits per heavy atom. The molecule has 0 saturated carbocycles. The van der Waals surface area contributed by atoms with Crippen LogP contribution in [0.4, 0.5) is 0 Å². The molecule has 0 radical (unpaired) electrons. The number of carboxylic acids is 1. The highest BCUT2D eigenvalue weighted by Crippen LogP contribution is 2.23. The smallest absolute Gasteiger partial charge is 0.325 e. The highest BCUT2D eigenvalue weighted by molar-refractivity contribution is 14.1. The minimum atomic E-state index is -0.762. The Kier molecular flexibility index (Phi) is 4.58. The van der Waals surface area contributed by atoms with Crippen molar-refractivity contribution in [1.82, 2.24) is 9.80 Å². The first-order valence-electron chi connectivity index (χ1n) is 5.99. The van der Waals surface area contributed by atoms with Gasteiger partial charge in [-0.3, -0.25) is 9.69 Å². The van der Waals surface area contributed by atoms with Crippen LogP contribution in [0.5, 0.6) is 0 Å². The molecule has 0 bridgehead atoms. The van der Waals surface area contributed by atoms with Crippen molar-refractivity contribution < 1.29 is 9.90 Å². The summed E-state index contributed by atoms with van der Waals surface area (Å²) in [7, 11) is 2.07. The maximum absolute atomic E-state index is 11.5. The number of hydrogen-bond acceptors (Lipinski definition) is 3. The summed E-state index contributed by atoms with van der Waals surface area (Å²) in [5.74, 6) is -0.762. The minimum absolute atomic E-state index is 0.520. The lowest BCUT2D eigenvalue weighted by molar-refractivity contribution is -0.144. The Labute approximate surface area is 121 Å². The second-order valence-electron chi connectivity index (χ2n) is 4.64. The molecule has 18 heavy (non-hydrogen) atoms. The molecule has 0 spiro atoms. The van der Waals surface area contributed by atoms with Crippen LogP contribution < -0.4 is 0 Å². The third-order valence-electron chi connectivity index (χ3n) is 3.30. The molecule has 1 fully saturated rings. The molecule has 1 aliphatic rings. The van der Waals surface area contributed by atoms with Crippen LogP contribution in [0.2, 0.25) is 0 Å². The van der Waals surface area contributed by atoms with Crippen molar-refractivity contribution in [3.8, 4) is 0 Å². The molecule has 0 aromatic heterocycles. The largest absolute Gasteiger partial charge is 0.480 e. The summed E-state index contributed by atoms with van der Waals surface area (Å²) in [6.07, 6.45) is 0. The van der Waals surface area contributed by atoms with Crippen LogP contribution in [-0.2, 0) is 4.79 Å². The maximum atomic E-state index is 11.5. The summed E-state index contributed by atoms with van der Waals surface area (Å²) in [5.41, 5.74) is 0.874. The molecular formula is C13H17IN2O2. The fraction of sp³-hybridized carbons (Fsp3) is 0.462. The van der Waals surface area contributed by atoms with Crippen LogP contribution in [-0.4, -0.2) is 54.1 Å². The van der Waals surface area contributed by atoms with E-state index >= 15 is 0 Å². The second-order valence-corrected chi connectivity index (χ2v) is 5.88. The molecule has 1 N–H and O–H groups in total. The Bertz CT molecular complexity index is 431. The summed E-state index contributed by atoms with van der Waals surface area (Å²) in [6, 6.07) is 7.24. The number of piperazine rings is 1. The monoisotopic (exact) mass is 360 g/mol. The van der Waals surface area contributed by atoms with Gasteiger partial charge >= 0.3 is 5.97 Å². The molecule has 1 atom stereocenters. The van der Waals surface area contributed by atoms with Gasteiger partial charge in [-0.05, 0) is 47.3 Å². The van der Waals surface area contributed by atoms with E-state index in [-0.39, 0.29) is 0 Å². The number of halogens is 1. The molecule has 1 heterocycles. The van der Waals surface area contributed by atoms with Crippen LogP contribution in [0.15, 0.2) is 24.3 Å². The van der Waals surface area contributed by atoms with E-state index < -0.39 is 12.0 Å². The predicted molar refractivity (Wildman–Crippen MR) is 78.6 cm³/mol. The molecule has 1 aliphatic heterocycles. The van der Waals surface area contributed by atoms with Crippen molar-refractivity contribution in [2.75, 3.05) is 33.2 Å². The zero-order valence-electron chi connectivity index (χ0n) is 10.3. The number of nitrogens with zero attached hydrogens (tertiary/aromatic N) is 2. The first-order chi connectivity index (χ1) is 8.58. The Morgan fingerprint density at radius 3 is 2.56 bits per heavy atom. The van der Waals surface area contributed by atoms with Gasteiger partial charge in [-0.2, -0.15) is 0 Å². The van der Waals surface area contributed by atoms with E-state index in [2.05, 4.69) is 34.5 Å². The lowest BCUT2D eigenvalue weighted by Gasteiger charge is -2.36. The van der Waals surface area contributed by atoms with Crippen molar-refractivity contribution in [2.24, 2.45) is 0 Å². The SMILES string of the molecule is CN1CCN(C(C(=O)O)c2cccc(I)c2)CC1. The third-order valence-corrected chi connectivity index (χ3v) is 3.97. The van der Waals surface area contributed by atoms with Gasteiger partial charge in [0.25, 0.3) is 0 Å². The number of carboxylic acid groups (broad SMARTS) is 1. The quantitative estimate of drug-likeness (QED) is 0.833. The standard InChI is InChI=1S/C13H17IN2O2/c1-15-5-7-16(8-6-15)12(13(17)18)10-3-2-4-11(14)9-10/h2-4,9,12H,5-8H2,1H3,(H,17,18). The van der Waals surface area contributed by atoms with Gasteiger partial charge in [0.15, 0.2) is 0 Å². The van der Waals surface area contributed by atoms with Crippen molar-refractivity contribution in [2.45, 2.75) is 6.04 Å². The van der Waals surface area contributed by atoms with E-state index in [1.807, 2.05) is 29.2 Å². The van der Waals surface area contributed by atoms with Crippen molar-refractivity contribution in [3.05, 3.63) is 33.4 Å². The van der Waals surface area contributed by atoms with Gasteiger partial charge in [-0.15, -0.1) is 0 Å². The zero-order chi connectivity index (χ0) is 13.1. The zero-order valence-corrected chi connectivity index (χ0v) is 12.5. The van der Waals surface area contributed by atoms with E-state index in [0.29, 0.717) is 0 Å². The van der Waals surface area contributed by atoms with E-state index in [0.717, 1.165) is 35.3 Å². The van der Waals surface area contributed by atoms with Crippen LogP contribution in [0, 0.1) is 3.57 Å². The van der Waals surface area contributed by atoms with Crippen LogP contribution in [0.1, 0.15) is 11.6 Å². The number of rotatable bonds is 3. The van der Waals surface area contributed by atoms with E-state index in [9.17, 15) is 9.90 Å². The van der Waals surface area contributed by atoms with Gasteiger partial charge < -0.3 is 10.0 Å². The summed E-state index contributed by atoms with van der Waals surface area (Å²) in [6.45, 7) is 3.46. The Morgan fingerprint density at radius 2 is 2.00 bits per heavy atom. The molecule has 1 aromatic carbocycles. The van der Waals surface area contributed by atoms with Gasteiger partial charge in [-0.1, -0.05) is 12.1 Å². The highest BCUT2D eigenvalue weighted by atomic mass is 127. The fourth-order valence-corrected chi connectivity index (χ4v) is 2.83. The summed E-state index contributed by atoms with van der Waals surface area (Å²) >= 11 is 2.22. The van der Waals surface area contributed by atoms with Gasteiger partial charge in [0.1, 0.15) is 6.04 Å². The van der Waals surface area contributed by atoms with Crippen molar-refractivity contribution in [3.63, 3.8) is 0 Å². The molecule has 1 saturated heterocycles. The van der Waals surface area contributed by atoms with E-state index in [1.54, 1.807) is 0 Å². The molecular weight excluding hydrogens is 343 g/mol. The first kappa shape index (κ1) is 13.8. The summed E-state index contributed by atoms with van der Waals surface area (Å²) < 4.78 is 1.07. The normalized spacial score (nSPS) is 19.7. The average Bonchev–Trinajstić information content (AvgIpc) is 2.32. The molecule has 98 valence electrons. The van der Waals surface area contributed by atoms with Crippen LogP contribution >= 0.6 is 22.6 Å². The number of hydrogen-bond donors (Lipinski definition) is 1. The molecule has 0 aliphatic carbocycles. The number of benzene rings is 1. The number of aliphatic carboxylic acids is 1. The van der Waals surface area contributed by atoms with Gasteiger partial charge in [-0.25, -0.2) is 0 Å². The average molecular weight is 360 g/mol. The fourth-order valence-electron chi connectivity index (χ4n) is 2.27. The number of carbonyl (C=O) groups is 1. The molecule has 2 rings (SSSR count). The summed E-state index contributed by atoms with van der Waals surface area (Å²) in [5, 5.41) is 9.48.